The Labute approximate surface area is 117 Å². The van der Waals surface area contributed by atoms with Crippen LogP contribution in [-0.4, -0.2) is 4.21 Å². The largest absolute Gasteiger partial charge is 0.326 e. The van der Waals surface area contributed by atoms with Gasteiger partial charge in [0.25, 0.3) is 0 Å². The molecule has 2 N–H and O–H groups in total. The molecule has 0 aliphatic carbocycles. The maximum atomic E-state index is 12.5. The minimum absolute atomic E-state index is 0.486. The lowest BCUT2D eigenvalue weighted by atomic mass is 10.1. The maximum absolute atomic E-state index is 12.5. The fourth-order valence-electron chi connectivity index (χ4n) is 2.17. The standard InChI is InChI=1S/C16H19NOS/c1-12-7-8-16(13(2)9-12)19(18)11-15-6-4-3-5-14(15)10-17/h3-9H,10-11,17H2,1-2H3. The van der Waals surface area contributed by atoms with Gasteiger partial charge in [0, 0.05) is 11.4 Å². The van der Waals surface area contributed by atoms with Crippen molar-refractivity contribution in [2.45, 2.75) is 31.0 Å². The Morgan fingerprint density at radius 1 is 1.05 bits per heavy atom. The van der Waals surface area contributed by atoms with Crippen LogP contribution in [0.1, 0.15) is 22.3 Å². The van der Waals surface area contributed by atoms with Crippen molar-refractivity contribution < 1.29 is 4.21 Å². The molecule has 0 bridgehead atoms. The normalized spacial score (nSPS) is 12.4. The first-order valence-electron chi connectivity index (χ1n) is 6.34. The molecule has 0 fully saturated rings. The Bertz CT molecular complexity index is 607. The summed E-state index contributed by atoms with van der Waals surface area (Å²) in [6.45, 7) is 4.54. The first-order valence-corrected chi connectivity index (χ1v) is 7.66. The SMILES string of the molecule is Cc1ccc(S(=O)Cc2ccccc2CN)c(C)c1. The molecule has 0 aliphatic rings. The summed E-state index contributed by atoms with van der Waals surface area (Å²) in [6.07, 6.45) is 0. The van der Waals surface area contributed by atoms with Crippen molar-refractivity contribution in [1.82, 2.24) is 0 Å². The van der Waals surface area contributed by atoms with Gasteiger partial charge >= 0.3 is 0 Å². The Kier molecular flexibility index (Phi) is 4.51. The fraction of sp³-hybridized carbons (Fsp3) is 0.250. The van der Waals surface area contributed by atoms with Gasteiger partial charge in [-0.3, -0.25) is 4.21 Å². The molecule has 3 heteroatoms. The van der Waals surface area contributed by atoms with Gasteiger partial charge in [0.05, 0.1) is 16.6 Å². The molecule has 2 aromatic rings. The summed E-state index contributed by atoms with van der Waals surface area (Å²) in [7, 11) is -1.02. The molecule has 0 saturated carbocycles. The highest BCUT2D eigenvalue weighted by molar-refractivity contribution is 7.84. The monoisotopic (exact) mass is 273 g/mol. The Morgan fingerprint density at radius 3 is 2.37 bits per heavy atom. The van der Waals surface area contributed by atoms with Crippen LogP contribution in [0.3, 0.4) is 0 Å². The molecule has 0 aromatic heterocycles. The summed E-state index contributed by atoms with van der Waals surface area (Å²) >= 11 is 0. The molecule has 1 unspecified atom stereocenters. The second-order valence-electron chi connectivity index (χ2n) is 4.73. The molecule has 0 heterocycles. The third-order valence-electron chi connectivity index (χ3n) is 3.20. The zero-order valence-electron chi connectivity index (χ0n) is 11.3. The topological polar surface area (TPSA) is 43.1 Å². The van der Waals surface area contributed by atoms with Crippen LogP contribution in [0.25, 0.3) is 0 Å². The van der Waals surface area contributed by atoms with E-state index in [1.807, 2.05) is 50.2 Å². The number of aryl methyl sites for hydroxylation is 2. The quantitative estimate of drug-likeness (QED) is 0.930. The van der Waals surface area contributed by atoms with Crippen LogP contribution in [0.15, 0.2) is 47.4 Å². The molecule has 0 amide bonds. The van der Waals surface area contributed by atoms with Crippen molar-refractivity contribution in [3.63, 3.8) is 0 Å². The van der Waals surface area contributed by atoms with Crippen LogP contribution >= 0.6 is 0 Å². The summed E-state index contributed by atoms with van der Waals surface area (Å²) in [5.74, 6) is 0.525. The molecule has 0 saturated heterocycles. The third kappa shape index (κ3) is 3.31. The summed E-state index contributed by atoms with van der Waals surface area (Å²) in [5.41, 5.74) is 10.1. The van der Waals surface area contributed by atoms with E-state index in [1.54, 1.807) is 0 Å². The summed E-state index contributed by atoms with van der Waals surface area (Å²) in [4.78, 5) is 0.914. The van der Waals surface area contributed by atoms with E-state index in [0.29, 0.717) is 12.3 Å². The second kappa shape index (κ2) is 6.13. The van der Waals surface area contributed by atoms with E-state index in [2.05, 4.69) is 6.07 Å². The number of rotatable bonds is 4. The minimum Gasteiger partial charge on any atom is -0.326 e. The predicted octanol–water partition coefficient (Wildman–Crippen LogP) is 3.07. The molecule has 0 radical (unpaired) electrons. The Morgan fingerprint density at radius 2 is 1.74 bits per heavy atom. The van der Waals surface area contributed by atoms with Gasteiger partial charge in [0.2, 0.25) is 0 Å². The Balaban J connectivity index is 2.26. The average molecular weight is 273 g/mol. The van der Waals surface area contributed by atoms with Gasteiger partial charge in [-0.2, -0.15) is 0 Å². The number of hydrogen-bond acceptors (Lipinski definition) is 2. The molecular formula is C16H19NOS. The summed E-state index contributed by atoms with van der Waals surface area (Å²) in [6, 6.07) is 14.0. The van der Waals surface area contributed by atoms with Crippen LogP contribution < -0.4 is 5.73 Å². The van der Waals surface area contributed by atoms with Gasteiger partial charge in [-0.15, -0.1) is 0 Å². The van der Waals surface area contributed by atoms with Crippen molar-refractivity contribution in [2.75, 3.05) is 0 Å². The number of nitrogens with two attached hydrogens (primary N) is 1. The number of benzene rings is 2. The highest BCUT2D eigenvalue weighted by Gasteiger charge is 2.10. The van der Waals surface area contributed by atoms with E-state index in [1.165, 1.54) is 5.56 Å². The molecule has 100 valence electrons. The third-order valence-corrected chi connectivity index (χ3v) is 4.72. The van der Waals surface area contributed by atoms with Gasteiger partial charge < -0.3 is 5.73 Å². The molecular weight excluding hydrogens is 254 g/mol. The molecule has 2 aromatic carbocycles. The van der Waals surface area contributed by atoms with Crippen LogP contribution in [0.2, 0.25) is 0 Å². The first-order chi connectivity index (χ1) is 9.11. The van der Waals surface area contributed by atoms with Gasteiger partial charge in [0.15, 0.2) is 0 Å². The van der Waals surface area contributed by atoms with Gasteiger partial charge in [-0.25, -0.2) is 0 Å². The summed E-state index contributed by atoms with van der Waals surface area (Å²) < 4.78 is 12.5. The van der Waals surface area contributed by atoms with Crippen molar-refractivity contribution in [3.05, 3.63) is 64.7 Å². The highest BCUT2D eigenvalue weighted by atomic mass is 32.2. The number of hydrogen-bond donors (Lipinski definition) is 1. The van der Waals surface area contributed by atoms with Crippen molar-refractivity contribution in [2.24, 2.45) is 5.73 Å². The van der Waals surface area contributed by atoms with Gasteiger partial charge in [0.1, 0.15) is 0 Å². The zero-order chi connectivity index (χ0) is 13.8. The van der Waals surface area contributed by atoms with Gasteiger partial charge in [-0.05, 0) is 36.6 Å². The molecule has 0 spiro atoms. The van der Waals surface area contributed by atoms with Crippen LogP contribution in [-0.2, 0) is 23.1 Å². The maximum Gasteiger partial charge on any atom is 0.0576 e. The molecule has 19 heavy (non-hydrogen) atoms. The van der Waals surface area contributed by atoms with E-state index < -0.39 is 10.8 Å². The van der Waals surface area contributed by atoms with Crippen LogP contribution in [0.4, 0.5) is 0 Å². The molecule has 1 atom stereocenters. The lowest BCUT2D eigenvalue weighted by Gasteiger charge is -2.10. The van der Waals surface area contributed by atoms with E-state index in [4.69, 9.17) is 5.73 Å². The Hall–Kier alpha value is -1.45. The fourth-order valence-corrected chi connectivity index (χ4v) is 3.53. The van der Waals surface area contributed by atoms with Crippen LogP contribution in [0.5, 0.6) is 0 Å². The van der Waals surface area contributed by atoms with E-state index in [9.17, 15) is 4.21 Å². The lowest BCUT2D eigenvalue weighted by molar-refractivity contribution is 0.682. The highest BCUT2D eigenvalue weighted by Crippen LogP contribution is 2.19. The van der Waals surface area contributed by atoms with Gasteiger partial charge in [-0.1, -0.05) is 42.0 Å². The second-order valence-corrected chi connectivity index (χ2v) is 6.15. The minimum atomic E-state index is -1.02. The van der Waals surface area contributed by atoms with Crippen molar-refractivity contribution in [1.29, 1.82) is 0 Å². The summed E-state index contributed by atoms with van der Waals surface area (Å²) in [5, 5.41) is 0. The predicted molar refractivity (Wildman–Crippen MR) is 80.4 cm³/mol. The zero-order valence-corrected chi connectivity index (χ0v) is 12.2. The van der Waals surface area contributed by atoms with E-state index >= 15 is 0 Å². The van der Waals surface area contributed by atoms with Crippen LogP contribution in [0, 0.1) is 13.8 Å². The lowest BCUT2D eigenvalue weighted by Crippen LogP contribution is -2.05. The smallest absolute Gasteiger partial charge is 0.0576 e. The van der Waals surface area contributed by atoms with Crippen molar-refractivity contribution in [3.8, 4) is 0 Å². The molecule has 2 nitrogen and oxygen atoms in total. The van der Waals surface area contributed by atoms with E-state index in [-0.39, 0.29) is 0 Å². The van der Waals surface area contributed by atoms with E-state index in [0.717, 1.165) is 21.6 Å². The molecule has 0 aliphatic heterocycles. The average Bonchev–Trinajstić information content (AvgIpc) is 2.39. The van der Waals surface area contributed by atoms with Crippen molar-refractivity contribution >= 4 is 10.8 Å². The first kappa shape index (κ1) is 14.0. The molecule has 2 rings (SSSR count).